The third kappa shape index (κ3) is 3.79. The molecule has 0 aliphatic carbocycles. The van der Waals surface area contributed by atoms with E-state index < -0.39 is 0 Å². The largest absolute Gasteiger partial charge is 0.369 e. The highest BCUT2D eigenvalue weighted by Crippen LogP contribution is 2.28. The number of aromatic amines is 1. The van der Waals surface area contributed by atoms with Gasteiger partial charge < -0.3 is 15.6 Å². The Kier molecular flexibility index (Phi) is 4.92. The van der Waals surface area contributed by atoms with E-state index in [0.29, 0.717) is 18.0 Å². The number of nitrogens with one attached hydrogen (secondary N) is 1. The van der Waals surface area contributed by atoms with Gasteiger partial charge in [0, 0.05) is 56.9 Å². The molecule has 2 fully saturated rings. The van der Waals surface area contributed by atoms with Gasteiger partial charge in [-0.25, -0.2) is 9.97 Å². The van der Waals surface area contributed by atoms with Crippen molar-refractivity contribution in [2.45, 2.75) is 25.9 Å². The smallest absolute Gasteiger partial charge is 0.198 e. The van der Waals surface area contributed by atoms with Crippen LogP contribution in [0.2, 0.25) is 0 Å². The van der Waals surface area contributed by atoms with E-state index in [1.54, 1.807) is 0 Å². The summed E-state index contributed by atoms with van der Waals surface area (Å²) in [4.78, 5) is 24.6. The molecular weight excluding hydrogens is 412 g/mol. The highest BCUT2D eigenvalue weighted by atomic mass is 15.4. The van der Waals surface area contributed by atoms with E-state index in [0.717, 1.165) is 52.1 Å². The Bertz CT molecular complexity index is 1300. The van der Waals surface area contributed by atoms with Crippen LogP contribution in [0.3, 0.4) is 0 Å². The average Bonchev–Trinajstić information content (AvgIpc) is 3.17. The van der Waals surface area contributed by atoms with E-state index in [1.807, 2.05) is 36.5 Å². The van der Waals surface area contributed by atoms with Gasteiger partial charge in [-0.2, -0.15) is 0 Å². The molecule has 0 atom stereocenters. The zero-order chi connectivity index (χ0) is 22.5. The number of fused-ring (bicyclic) bond motifs is 2. The zero-order valence-electron chi connectivity index (χ0n) is 19.2. The van der Waals surface area contributed by atoms with Gasteiger partial charge in [0.25, 0.3) is 0 Å². The first kappa shape index (κ1) is 20.4. The molecule has 8 heteroatoms. The van der Waals surface area contributed by atoms with Crippen molar-refractivity contribution in [3.8, 4) is 11.3 Å². The summed E-state index contributed by atoms with van der Waals surface area (Å²) in [5, 5.41) is 0. The standard InChI is InChI=1S/C25H30N8/c1-16(2)31-7-9-32(10-8-31)19-14-33(15-19)18-12-24-21(27-13-18)6-5-20(28-24)17-3-4-22-23(11-17)30-25(26)29-22/h3-6,11-13,16,19H,7-10,14-15H2,1-2H3,(H3,26,29,30). The van der Waals surface area contributed by atoms with E-state index in [1.165, 1.54) is 26.2 Å². The number of hydrogen-bond acceptors (Lipinski definition) is 7. The minimum Gasteiger partial charge on any atom is -0.369 e. The summed E-state index contributed by atoms with van der Waals surface area (Å²) >= 11 is 0. The second-order valence-electron chi connectivity index (χ2n) is 9.51. The summed E-state index contributed by atoms with van der Waals surface area (Å²) in [6.07, 6.45) is 1.98. The molecule has 2 aliphatic rings. The first-order valence-corrected chi connectivity index (χ1v) is 11.8. The van der Waals surface area contributed by atoms with Gasteiger partial charge >= 0.3 is 0 Å². The van der Waals surface area contributed by atoms with Crippen molar-refractivity contribution in [2.24, 2.45) is 0 Å². The van der Waals surface area contributed by atoms with Crippen molar-refractivity contribution in [1.82, 2.24) is 29.7 Å². The van der Waals surface area contributed by atoms with Crippen LogP contribution in [0.5, 0.6) is 0 Å². The van der Waals surface area contributed by atoms with Crippen LogP contribution in [0, 0.1) is 0 Å². The number of pyridine rings is 2. The van der Waals surface area contributed by atoms with Gasteiger partial charge in [0.1, 0.15) is 0 Å². The van der Waals surface area contributed by atoms with Gasteiger partial charge in [-0.3, -0.25) is 14.8 Å². The molecule has 2 saturated heterocycles. The highest BCUT2D eigenvalue weighted by Gasteiger charge is 2.34. The number of nitrogen functional groups attached to an aromatic ring is 1. The van der Waals surface area contributed by atoms with Gasteiger partial charge in [0.15, 0.2) is 5.95 Å². The highest BCUT2D eigenvalue weighted by molar-refractivity contribution is 5.85. The molecule has 170 valence electrons. The number of nitrogens with zero attached hydrogens (tertiary/aromatic N) is 6. The maximum atomic E-state index is 5.79. The van der Waals surface area contributed by atoms with Crippen molar-refractivity contribution in [1.29, 1.82) is 0 Å². The van der Waals surface area contributed by atoms with Crippen LogP contribution < -0.4 is 10.6 Å². The maximum Gasteiger partial charge on any atom is 0.198 e. The lowest BCUT2D eigenvalue weighted by Crippen LogP contribution is -2.63. The molecule has 3 aromatic heterocycles. The zero-order valence-corrected chi connectivity index (χ0v) is 19.2. The number of imidazole rings is 1. The second kappa shape index (κ2) is 7.97. The Morgan fingerprint density at radius 1 is 0.939 bits per heavy atom. The normalized spacial score (nSPS) is 18.5. The fourth-order valence-corrected chi connectivity index (χ4v) is 5.03. The van der Waals surface area contributed by atoms with Crippen LogP contribution in [0.4, 0.5) is 11.6 Å². The van der Waals surface area contributed by atoms with Crippen LogP contribution in [0.25, 0.3) is 33.3 Å². The third-order valence-corrected chi connectivity index (χ3v) is 7.14. The topological polar surface area (TPSA) is 90.2 Å². The lowest BCUT2D eigenvalue weighted by atomic mass is 10.0. The number of hydrogen-bond donors (Lipinski definition) is 2. The number of rotatable bonds is 4. The molecule has 4 aromatic rings. The molecule has 0 unspecified atom stereocenters. The summed E-state index contributed by atoms with van der Waals surface area (Å²) in [5.41, 5.74) is 12.5. The fourth-order valence-electron chi connectivity index (χ4n) is 5.03. The summed E-state index contributed by atoms with van der Waals surface area (Å²) in [7, 11) is 0. The molecule has 0 bridgehead atoms. The first-order chi connectivity index (χ1) is 16.0. The van der Waals surface area contributed by atoms with Gasteiger partial charge in [0.2, 0.25) is 0 Å². The second-order valence-corrected chi connectivity index (χ2v) is 9.51. The van der Waals surface area contributed by atoms with Gasteiger partial charge in [-0.1, -0.05) is 6.07 Å². The number of piperazine rings is 1. The van der Waals surface area contributed by atoms with Crippen LogP contribution >= 0.6 is 0 Å². The number of aromatic nitrogens is 4. The van der Waals surface area contributed by atoms with E-state index in [9.17, 15) is 0 Å². The van der Waals surface area contributed by atoms with E-state index in [2.05, 4.69) is 49.6 Å². The lowest BCUT2D eigenvalue weighted by molar-refractivity contribution is 0.0678. The molecule has 0 saturated carbocycles. The third-order valence-electron chi connectivity index (χ3n) is 7.14. The molecule has 8 nitrogen and oxygen atoms in total. The first-order valence-electron chi connectivity index (χ1n) is 11.8. The van der Waals surface area contributed by atoms with Crippen molar-refractivity contribution < 1.29 is 0 Å². The molecule has 5 heterocycles. The Labute approximate surface area is 193 Å². The number of nitrogens with two attached hydrogens (primary N) is 1. The van der Waals surface area contributed by atoms with Crippen molar-refractivity contribution >= 4 is 33.7 Å². The van der Waals surface area contributed by atoms with Crippen molar-refractivity contribution in [3.05, 3.63) is 42.6 Å². The van der Waals surface area contributed by atoms with Crippen LogP contribution in [-0.2, 0) is 0 Å². The van der Waals surface area contributed by atoms with Gasteiger partial charge in [0.05, 0.1) is 39.6 Å². The van der Waals surface area contributed by atoms with E-state index >= 15 is 0 Å². The van der Waals surface area contributed by atoms with E-state index in [4.69, 9.17) is 10.7 Å². The predicted molar refractivity (Wildman–Crippen MR) is 133 cm³/mol. The Balaban J connectivity index is 1.18. The molecule has 2 aliphatic heterocycles. The average molecular weight is 443 g/mol. The van der Waals surface area contributed by atoms with Crippen LogP contribution in [0.15, 0.2) is 42.6 Å². The number of anilines is 2. The van der Waals surface area contributed by atoms with E-state index in [-0.39, 0.29) is 0 Å². The molecular formula is C25H30N8. The summed E-state index contributed by atoms with van der Waals surface area (Å²) in [6, 6.07) is 13.6. The van der Waals surface area contributed by atoms with Gasteiger partial charge in [-0.15, -0.1) is 0 Å². The summed E-state index contributed by atoms with van der Waals surface area (Å²) < 4.78 is 0. The Hall–Kier alpha value is -3.23. The Morgan fingerprint density at radius 3 is 2.52 bits per heavy atom. The van der Waals surface area contributed by atoms with Crippen LogP contribution in [0.1, 0.15) is 13.8 Å². The minimum atomic E-state index is 0.428. The molecule has 3 N–H and O–H groups in total. The molecule has 0 amide bonds. The lowest BCUT2D eigenvalue weighted by Gasteiger charge is -2.49. The monoisotopic (exact) mass is 442 g/mol. The summed E-state index contributed by atoms with van der Waals surface area (Å²) in [6.45, 7) is 11.4. The van der Waals surface area contributed by atoms with Crippen molar-refractivity contribution in [3.63, 3.8) is 0 Å². The minimum absolute atomic E-state index is 0.428. The summed E-state index contributed by atoms with van der Waals surface area (Å²) in [5.74, 6) is 0.428. The van der Waals surface area contributed by atoms with Crippen molar-refractivity contribution in [2.75, 3.05) is 49.9 Å². The predicted octanol–water partition coefficient (Wildman–Crippen LogP) is 2.97. The molecule has 6 rings (SSSR count). The SMILES string of the molecule is CC(C)N1CCN(C2CN(c3cnc4ccc(-c5ccc6nc(N)[nH]c6c5)nc4c3)C2)CC1. The quantitative estimate of drug-likeness (QED) is 0.502. The number of benzene rings is 1. The molecule has 1 aromatic carbocycles. The molecule has 0 radical (unpaired) electrons. The van der Waals surface area contributed by atoms with Gasteiger partial charge in [-0.05, 0) is 44.2 Å². The number of H-pyrrole nitrogens is 1. The maximum absolute atomic E-state index is 5.79. The fraction of sp³-hybridized carbons (Fsp3) is 0.400. The molecule has 33 heavy (non-hydrogen) atoms. The Morgan fingerprint density at radius 2 is 1.73 bits per heavy atom. The van der Waals surface area contributed by atoms with Crippen LogP contribution in [-0.4, -0.2) is 81.1 Å². The molecule has 0 spiro atoms.